The molecule has 3 N–H and O–H groups in total. The van der Waals surface area contributed by atoms with Gasteiger partial charge in [0, 0.05) is 31.6 Å². The quantitative estimate of drug-likeness (QED) is 0.496. The fourth-order valence-electron chi connectivity index (χ4n) is 7.01. The standard InChI is InChI=1S/C30H33N3O2/c34-26-13-11-23(12-14-26)19-33-20-25-16-24-18-32-30(25,29(35)31-17-22-9-5-2-6-10-22)28(33)27(24)15-21-7-3-1-4-8-21/h1-14,24-25,27-28,32,34H,15-20H2,(H,31,35)/t24-,25-,27+,28-,30-/m0/s1. The van der Waals surface area contributed by atoms with Crippen LogP contribution in [0.15, 0.2) is 84.9 Å². The lowest BCUT2D eigenvalue weighted by atomic mass is 9.58. The lowest BCUT2D eigenvalue weighted by Gasteiger charge is -2.56. The molecule has 5 nitrogen and oxygen atoms in total. The smallest absolute Gasteiger partial charge is 0.242 e. The molecule has 1 amide bonds. The van der Waals surface area contributed by atoms with Crippen molar-refractivity contribution in [2.75, 3.05) is 13.1 Å². The number of phenolic OH excluding ortho intramolecular Hbond substituents is 1. The number of nitrogens with one attached hydrogen (secondary N) is 2. The van der Waals surface area contributed by atoms with Crippen LogP contribution in [0.2, 0.25) is 0 Å². The highest BCUT2D eigenvalue weighted by molar-refractivity contribution is 5.89. The minimum atomic E-state index is -0.570. The van der Waals surface area contributed by atoms with E-state index in [0.717, 1.165) is 38.0 Å². The summed E-state index contributed by atoms with van der Waals surface area (Å²) in [4.78, 5) is 16.6. The van der Waals surface area contributed by atoms with E-state index < -0.39 is 5.54 Å². The Bertz CT molecular complexity index is 1170. The highest BCUT2D eigenvalue weighted by atomic mass is 16.3. The molecule has 35 heavy (non-hydrogen) atoms. The first-order chi connectivity index (χ1) is 17.1. The van der Waals surface area contributed by atoms with Gasteiger partial charge in [0.15, 0.2) is 0 Å². The Labute approximate surface area is 207 Å². The van der Waals surface area contributed by atoms with Gasteiger partial charge in [0.1, 0.15) is 11.3 Å². The summed E-state index contributed by atoms with van der Waals surface area (Å²) < 4.78 is 0. The van der Waals surface area contributed by atoms with Crippen molar-refractivity contribution in [2.24, 2.45) is 17.8 Å². The van der Waals surface area contributed by atoms with E-state index in [9.17, 15) is 9.90 Å². The molecule has 1 saturated carbocycles. The molecule has 0 aromatic heterocycles. The predicted octanol–water partition coefficient (Wildman–Crippen LogP) is 3.73. The number of phenols is 1. The van der Waals surface area contributed by atoms with Crippen molar-refractivity contribution in [2.45, 2.75) is 37.5 Å². The molecule has 3 heterocycles. The Kier molecular flexibility index (Phi) is 5.83. The lowest BCUT2D eigenvalue weighted by molar-refractivity contribution is -0.138. The maximum Gasteiger partial charge on any atom is 0.242 e. The number of benzene rings is 3. The molecular formula is C30H33N3O2. The van der Waals surface area contributed by atoms with E-state index in [1.165, 1.54) is 11.1 Å². The molecule has 5 heteroatoms. The van der Waals surface area contributed by atoms with Gasteiger partial charge >= 0.3 is 0 Å². The fourth-order valence-corrected chi connectivity index (χ4v) is 7.01. The third kappa shape index (κ3) is 4.03. The van der Waals surface area contributed by atoms with Gasteiger partial charge in [-0.25, -0.2) is 0 Å². The molecule has 3 aliphatic heterocycles. The normalized spacial score (nSPS) is 29.3. The molecule has 0 radical (unpaired) electrons. The number of amides is 1. The van der Waals surface area contributed by atoms with Gasteiger partial charge < -0.3 is 15.7 Å². The summed E-state index contributed by atoms with van der Waals surface area (Å²) in [7, 11) is 0. The Balaban J connectivity index is 1.32. The Morgan fingerprint density at radius 1 is 0.943 bits per heavy atom. The first kappa shape index (κ1) is 22.3. The van der Waals surface area contributed by atoms with Crippen molar-refractivity contribution in [1.29, 1.82) is 0 Å². The monoisotopic (exact) mass is 467 g/mol. The number of carbonyl (C=O) groups excluding carboxylic acids is 1. The van der Waals surface area contributed by atoms with Crippen LogP contribution >= 0.6 is 0 Å². The molecule has 3 aromatic carbocycles. The summed E-state index contributed by atoms with van der Waals surface area (Å²) in [6, 6.07) is 28.5. The number of aromatic hydroxyl groups is 1. The first-order valence-corrected chi connectivity index (χ1v) is 12.8. The molecule has 0 spiro atoms. The average molecular weight is 468 g/mol. The SMILES string of the molecule is O=C(NCc1ccccc1)[C@]12NC[C@@H]3C[C@H]1CN(Cc1ccc(O)cc1)[C@H]2[C@@H]3Cc1ccccc1. The average Bonchev–Trinajstić information content (AvgIpc) is 3.15. The van der Waals surface area contributed by atoms with Crippen LogP contribution in [-0.2, 0) is 24.3 Å². The zero-order valence-corrected chi connectivity index (χ0v) is 19.9. The first-order valence-electron chi connectivity index (χ1n) is 12.8. The van der Waals surface area contributed by atoms with Crippen LogP contribution in [0.3, 0.4) is 0 Å². The van der Waals surface area contributed by atoms with Crippen molar-refractivity contribution in [3.63, 3.8) is 0 Å². The van der Waals surface area contributed by atoms with Gasteiger partial charge in [-0.2, -0.15) is 0 Å². The molecule has 4 aliphatic rings. The van der Waals surface area contributed by atoms with Gasteiger partial charge in [0.25, 0.3) is 0 Å². The number of carbonyl (C=O) groups is 1. The van der Waals surface area contributed by atoms with E-state index in [4.69, 9.17) is 0 Å². The second-order valence-corrected chi connectivity index (χ2v) is 10.5. The molecule has 3 saturated heterocycles. The highest BCUT2D eigenvalue weighted by Crippen LogP contribution is 2.53. The number of rotatable bonds is 7. The van der Waals surface area contributed by atoms with Crippen molar-refractivity contribution in [1.82, 2.24) is 15.5 Å². The third-order valence-corrected chi connectivity index (χ3v) is 8.52. The Morgan fingerprint density at radius 2 is 1.63 bits per heavy atom. The maximum absolute atomic E-state index is 14.0. The maximum atomic E-state index is 14.0. The minimum Gasteiger partial charge on any atom is -0.508 e. The van der Waals surface area contributed by atoms with Crippen LogP contribution in [0.25, 0.3) is 0 Å². The summed E-state index contributed by atoms with van der Waals surface area (Å²) in [6.07, 6.45) is 2.08. The number of fused-ring (bicyclic) bond motifs is 1. The van der Waals surface area contributed by atoms with E-state index in [1.54, 1.807) is 12.1 Å². The summed E-state index contributed by atoms with van der Waals surface area (Å²) in [5, 5.41) is 16.8. The van der Waals surface area contributed by atoms with Gasteiger partial charge in [-0.05, 0) is 60.0 Å². The van der Waals surface area contributed by atoms with Crippen molar-refractivity contribution < 1.29 is 9.90 Å². The van der Waals surface area contributed by atoms with Gasteiger partial charge in [-0.1, -0.05) is 72.8 Å². The van der Waals surface area contributed by atoms with Gasteiger partial charge in [-0.15, -0.1) is 0 Å². The number of likely N-dealkylation sites (tertiary alicyclic amines) is 1. The van der Waals surface area contributed by atoms with E-state index >= 15 is 0 Å². The highest BCUT2D eigenvalue weighted by Gasteiger charge is 2.67. The van der Waals surface area contributed by atoms with Crippen molar-refractivity contribution >= 4 is 5.91 Å². The minimum absolute atomic E-state index is 0.129. The van der Waals surface area contributed by atoms with Gasteiger partial charge in [-0.3, -0.25) is 9.69 Å². The number of piperidine rings is 2. The topological polar surface area (TPSA) is 64.6 Å². The van der Waals surface area contributed by atoms with E-state index in [0.29, 0.717) is 24.3 Å². The molecular weight excluding hydrogens is 434 g/mol. The van der Waals surface area contributed by atoms with Crippen molar-refractivity contribution in [3.05, 3.63) is 102 Å². The summed E-state index contributed by atoms with van der Waals surface area (Å²) in [5.41, 5.74) is 3.07. The molecule has 0 unspecified atom stereocenters. The summed E-state index contributed by atoms with van der Waals surface area (Å²) in [6.45, 7) is 3.15. The van der Waals surface area contributed by atoms with Gasteiger partial charge in [0.05, 0.1) is 0 Å². The second-order valence-electron chi connectivity index (χ2n) is 10.5. The van der Waals surface area contributed by atoms with Crippen LogP contribution in [-0.4, -0.2) is 40.6 Å². The van der Waals surface area contributed by atoms with Crippen LogP contribution in [0.4, 0.5) is 0 Å². The molecule has 3 aromatic rings. The van der Waals surface area contributed by atoms with Gasteiger partial charge in [0.2, 0.25) is 5.91 Å². The van der Waals surface area contributed by atoms with E-state index in [-0.39, 0.29) is 17.7 Å². The largest absolute Gasteiger partial charge is 0.508 e. The summed E-state index contributed by atoms with van der Waals surface area (Å²) >= 11 is 0. The van der Waals surface area contributed by atoms with E-state index in [2.05, 4.69) is 58.0 Å². The Hall–Kier alpha value is -3.15. The van der Waals surface area contributed by atoms with Crippen molar-refractivity contribution in [3.8, 4) is 5.75 Å². The zero-order valence-electron chi connectivity index (χ0n) is 19.9. The molecule has 4 bridgehead atoms. The van der Waals surface area contributed by atoms with Crippen LogP contribution < -0.4 is 10.6 Å². The fraction of sp³-hybridized carbons (Fsp3) is 0.367. The molecule has 5 atom stereocenters. The third-order valence-electron chi connectivity index (χ3n) is 8.52. The Morgan fingerprint density at radius 3 is 2.34 bits per heavy atom. The van der Waals surface area contributed by atoms with Crippen LogP contribution in [0.1, 0.15) is 23.1 Å². The van der Waals surface area contributed by atoms with Crippen LogP contribution in [0.5, 0.6) is 5.75 Å². The van der Waals surface area contributed by atoms with Crippen LogP contribution in [0, 0.1) is 17.8 Å². The molecule has 7 rings (SSSR count). The lowest BCUT2D eigenvalue weighted by Crippen LogP contribution is -2.76. The number of hydrogen-bond donors (Lipinski definition) is 3. The number of nitrogens with zero attached hydrogens (tertiary/aromatic N) is 1. The molecule has 4 fully saturated rings. The second kappa shape index (κ2) is 9.14. The molecule has 1 aliphatic carbocycles. The number of hydrogen-bond acceptors (Lipinski definition) is 4. The van der Waals surface area contributed by atoms with E-state index in [1.807, 2.05) is 30.3 Å². The molecule has 180 valence electrons. The predicted molar refractivity (Wildman–Crippen MR) is 137 cm³/mol. The summed E-state index contributed by atoms with van der Waals surface area (Å²) in [5.74, 6) is 1.70. The zero-order chi connectivity index (χ0) is 23.8.